The summed E-state index contributed by atoms with van der Waals surface area (Å²) in [6, 6.07) is 0. The molecule has 0 aromatic rings. The van der Waals surface area contributed by atoms with Gasteiger partial charge in [0.15, 0.2) is 0 Å². The number of rotatable bonds is 1. The highest BCUT2D eigenvalue weighted by molar-refractivity contribution is 5.68. The van der Waals surface area contributed by atoms with Crippen LogP contribution in [-0.4, -0.2) is 45.7 Å². The number of nitrogens with zero attached hydrogens (tertiary/aromatic N) is 1. The number of hydrogen-bond acceptors (Lipinski definition) is 3. The molecule has 1 atom stereocenters. The lowest BCUT2D eigenvalue weighted by molar-refractivity contribution is -0.0667. The Kier molecular flexibility index (Phi) is 2.98. The monoisotopic (exact) mass is 231 g/mol. The fraction of sp³-hybridized carbons (Fsp3) is 0.909. The van der Waals surface area contributed by atoms with Crippen LogP contribution in [0.3, 0.4) is 0 Å². The van der Waals surface area contributed by atoms with Crippen LogP contribution in [0.2, 0.25) is 0 Å². The molecule has 1 heterocycles. The largest absolute Gasteiger partial charge is 0.465 e. The maximum absolute atomic E-state index is 11.4. The topological polar surface area (TPSA) is 70.0 Å². The van der Waals surface area contributed by atoms with Crippen LogP contribution in [0.4, 0.5) is 4.79 Å². The maximum atomic E-state index is 11.4. The summed E-state index contributed by atoms with van der Waals surface area (Å²) >= 11 is 0. The molecule has 1 aliphatic rings. The zero-order valence-electron chi connectivity index (χ0n) is 10.6. The molecule has 0 radical (unpaired) electrons. The minimum absolute atomic E-state index is 0.215. The Hall–Kier alpha value is -0.810. The average Bonchev–Trinajstić information content (AvgIpc) is 2.36. The van der Waals surface area contributed by atoms with Crippen molar-refractivity contribution >= 4 is 6.09 Å². The summed E-state index contributed by atoms with van der Waals surface area (Å²) in [5.41, 5.74) is -2.18. The summed E-state index contributed by atoms with van der Waals surface area (Å²) in [4.78, 5) is 12.6. The number of aliphatic hydroxyl groups excluding tert-OH is 1. The minimum atomic E-state index is -1.06. The van der Waals surface area contributed by atoms with Gasteiger partial charge in [0.05, 0.1) is 13.2 Å². The quantitative estimate of drug-likeness (QED) is 0.717. The van der Waals surface area contributed by atoms with Crippen molar-refractivity contribution in [1.29, 1.82) is 0 Å². The number of aliphatic hydroxyl groups is 1. The summed E-state index contributed by atoms with van der Waals surface area (Å²) in [7, 11) is 0. The molecular formula is C11H21NO4. The van der Waals surface area contributed by atoms with E-state index in [4.69, 9.17) is 4.74 Å². The first-order valence-corrected chi connectivity index (χ1v) is 5.36. The molecule has 0 aliphatic carbocycles. The molecule has 1 fully saturated rings. The van der Waals surface area contributed by atoms with E-state index in [2.05, 4.69) is 0 Å². The standard InChI is InChI=1S/C11H21NO4/c1-9(2,3)11(6-13)7-16-10(4,5)12(11)8(14)15/h13H,6-7H2,1-5H3,(H,14,15)/t11-/m0/s1. The number of carboxylic acid groups (broad SMARTS) is 1. The fourth-order valence-electron chi connectivity index (χ4n) is 2.26. The molecule has 5 nitrogen and oxygen atoms in total. The normalized spacial score (nSPS) is 29.5. The van der Waals surface area contributed by atoms with Gasteiger partial charge in [-0.25, -0.2) is 4.79 Å². The van der Waals surface area contributed by atoms with Crippen LogP contribution >= 0.6 is 0 Å². The van der Waals surface area contributed by atoms with E-state index in [0.717, 1.165) is 0 Å². The van der Waals surface area contributed by atoms with Gasteiger partial charge in [-0.3, -0.25) is 4.90 Å². The van der Waals surface area contributed by atoms with Crippen LogP contribution in [-0.2, 0) is 4.74 Å². The Bertz CT molecular complexity index is 295. The summed E-state index contributed by atoms with van der Waals surface area (Å²) in [6.07, 6.45) is -1.06. The molecule has 0 bridgehead atoms. The van der Waals surface area contributed by atoms with Crippen LogP contribution in [0.5, 0.6) is 0 Å². The van der Waals surface area contributed by atoms with Crippen LogP contribution in [0.25, 0.3) is 0 Å². The third-order valence-electron chi connectivity index (χ3n) is 3.48. The molecule has 1 saturated heterocycles. The van der Waals surface area contributed by atoms with Crippen molar-refractivity contribution in [2.24, 2.45) is 5.41 Å². The second-order valence-corrected chi connectivity index (χ2v) is 5.79. The van der Waals surface area contributed by atoms with Crippen molar-refractivity contribution in [3.05, 3.63) is 0 Å². The molecule has 2 N–H and O–H groups in total. The summed E-state index contributed by atoms with van der Waals surface area (Å²) < 4.78 is 5.53. The zero-order valence-corrected chi connectivity index (χ0v) is 10.6. The molecule has 1 rings (SSSR count). The Balaban J connectivity index is 3.27. The van der Waals surface area contributed by atoms with E-state index < -0.39 is 22.8 Å². The first-order valence-electron chi connectivity index (χ1n) is 5.36. The molecule has 94 valence electrons. The third-order valence-corrected chi connectivity index (χ3v) is 3.48. The van der Waals surface area contributed by atoms with Crippen molar-refractivity contribution in [2.75, 3.05) is 13.2 Å². The van der Waals surface area contributed by atoms with Crippen LogP contribution in [0.1, 0.15) is 34.6 Å². The van der Waals surface area contributed by atoms with Crippen LogP contribution in [0.15, 0.2) is 0 Å². The van der Waals surface area contributed by atoms with Gasteiger partial charge in [-0.05, 0) is 19.3 Å². The molecule has 0 aromatic carbocycles. The van der Waals surface area contributed by atoms with E-state index in [-0.39, 0.29) is 13.2 Å². The van der Waals surface area contributed by atoms with E-state index in [1.165, 1.54) is 4.90 Å². The van der Waals surface area contributed by atoms with Crippen molar-refractivity contribution < 1.29 is 19.7 Å². The van der Waals surface area contributed by atoms with Gasteiger partial charge in [-0.2, -0.15) is 0 Å². The lowest BCUT2D eigenvalue weighted by atomic mass is 9.73. The Morgan fingerprint density at radius 2 is 1.94 bits per heavy atom. The molecule has 0 aromatic heterocycles. The summed E-state index contributed by atoms with van der Waals surface area (Å²) in [5, 5.41) is 18.9. The van der Waals surface area contributed by atoms with Gasteiger partial charge in [0.1, 0.15) is 11.3 Å². The molecule has 1 aliphatic heterocycles. The van der Waals surface area contributed by atoms with E-state index >= 15 is 0 Å². The number of hydrogen-bond donors (Lipinski definition) is 2. The van der Waals surface area contributed by atoms with Gasteiger partial charge in [0.25, 0.3) is 0 Å². The second kappa shape index (κ2) is 3.60. The van der Waals surface area contributed by atoms with Crippen LogP contribution < -0.4 is 0 Å². The number of carbonyl (C=O) groups is 1. The first-order chi connectivity index (χ1) is 7.08. The Labute approximate surface area is 96.0 Å². The Morgan fingerprint density at radius 1 is 1.44 bits per heavy atom. The molecule has 0 saturated carbocycles. The molecule has 0 spiro atoms. The zero-order chi connectivity index (χ0) is 12.8. The molecule has 16 heavy (non-hydrogen) atoms. The van der Waals surface area contributed by atoms with Gasteiger partial charge in [0, 0.05) is 0 Å². The SMILES string of the molecule is CC1(C)OC[C@@](CO)(C(C)(C)C)N1C(=O)O. The van der Waals surface area contributed by atoms with Gasteiger partial charge >= 0.3 is 6.09 Å². The van der Waals surface area contributed by atoms with E-state index in [1.807, 2.05) is 20.8 Å². The lowest BCUT2D eigenvalue weighted by Crippen LogP contribution is -2.63. The summed E-state index contributed by atoms with van der Waals surface area (Å²) in [5.74, 6) is 0. The molecular weight excluding hydrogens is 210 g/mol. The van der Waals surface area contributed by atoms with E-state index in [0.29, 0.717) is 0 Å². The number of amides is 1. The Morgan fingerprint density at radius 3 is 2.19 bits per heavy atom. The van der Waals surface area contributed by atoms with Crippen molar-refractivity contribution in [3.8, 4) is 0 Å². The smallest absolute Gasteiger partial charge is 0.410 e. The third kappa shape index (κ3) is 1.68. The van der Waals surface area contributed by atoms with Crippen molar-refractivity contribution in [2.45, 2.75) is 45.9 Å². The molecule has 5 heteroatoms. The minimum Gasteiger partial charge on any atom is -0.465 e. The van der Waals surface area contributed by atoms with Gasteiger partial charge in [-0.1, -0.05) is 20.8 Å². The predicted octanol–water partition coefficient (Wildman–Crippen LogP) is 1.51. The maximum Gasteiger partial charge on any atom is 0.410 e. The highest BCUT2D eigenvalue weighted by Crippen LogP contribution is 2.45. The number of ether oxygens (including phenoxy) is 1. The first kappa shape index (κ1) is 13.3. The average molecular weight is 231 g/mol. The van der Waals surface area contributed by atoms with Crippen LogP contribution in [0, 0.1) is 5.41 Å². The van der Waals surface area contributed by atoms with E-state index in [9.17, 15) is 15.0 Å². The van der Waals surface area contributed by atoms with E-state index in [1.54, 1.807) is 13.8 Å². The highest BCUT2D eigenvalue weighted by Gasteiger charge is 2.59. The highest BCUT2D eigenvalue weighted by atomic mass is 16.5. The molecule has 1 amide bonds. The van der Waals surface area contributed by atoms with Gasteiger partial charge < -0.3 is 14.9 Å². The van der Waals surface area contributed by atoms with Crippen molar-refractivity contribution in [3.63, 3.8) is 0 Å². The van der Waals surface area contributed by atoms with Gasteiger partial charge in [-0.15, -0.1) is 0 Å². The summed E-state index contributed by atoms with van der Waals surface area (Å²) in [6.45, 7) is 9.09. The fourth-order valence-corrected chi connectivity index (χ4v) is 2.26. The second-order valence-electron chi connectivity index (χ2n) is 5.79. The van der Waals surface area contributed by atoms with Gasteiger partial charge in [0.2, 0.25) is 0 Å². The lowest BCUT2D eigenvalue weighted by Gasteiger charge is -2.46. The molecule has 0 unspecified atom stereocenters. The van der Waals surface area contributed by atoms with Crippen molar-refractivity contribution in [1.82, 2.24) is 4.90 Å². The predicted molar refractivity (Wildman–Crippen MR) is 59.2 cm³/mol.